The molecule has 2 aromatic carbocycles. The maximum absolute atomic E-state index is 13.8. The van der Waals surface area contributed by atoms with Crippen molar-refractivity contribution < 1.29 is 23.8 Å². The molecule has 1 fully saturated rings. The summed E-state index contributed by atoms with van der Waals surface area (Å²) in [7, 11) is 1.32. The second-order valence-electron chi connectivity index (χ2n) is 5.95. The molecule has 1 unspecified atom stereocenters. The Kier molecular flexibility index (Phi) is 4.70. The molecule has 0 aromatic heterocycles. The van der Waals surface area contributed by atoms with Crippen molar-refractivity contribution in [3.8, 4) is 5.75 Å². The van der Waals surface area contributed by atoms with E-state index < -0.39 is 11.8 Å². The quantitative estimate of drug-likeness (QED) is 0.926. The van der Waals surface area contributed by atoms with E-state index in [1.807, 2.05) is 0 Å². The van der Waals surface area contributed by atoms with Crippen molar-refractivity contribution in [2.24, 2.45) is 0 Å². The van der Waals surface area contributed by atoms with Crippen molar-refractivity contribution in [3.05, 3.63) is 65.0 Å². The van der Waals surface area contributed by atoms with Gasteiger partial charge in [0, 0.05) is 19.0 Å². The van der Waals surface area contributed by atoms with E-state index in [1.54, 1.807) is 29.2 Å². The number of ether oxygens (including phenoxy) is 1. The molecule has 0 radical (unpaired) electrons. The summed E-state index contributed by atoms with van der Waals surface area (Å²) >= 11 is 0. The third kappa shape index (κ3) is 3.20. The van der Waals surface area contributed by atoms with Gasteiger partial charge in [-0.2, -0.15) is 0 Å². The number of hydrogen-bond acceptors (Lipinski definition) is 3. The largest absolute Gasteiger partial charge is 0.493 e. The first-order chi connectivity index (χ1) is 12.0. The minimum Gasteiger partial charge on any atom is -0.493 e. The van der Waals surface area contributed by atoms with Gasteiger partial charge in [0.25, 0.3) is 5.91 Å². The predicted octanol–water partition coefficient (Wildman–Crippen LogP) is 3.16. The lowest BCUT2D eigenvalue weighted by molar-refractivity contribution is 0.0695. The van der Waals surface area contributed by atoms with Crippen molar-refractivity contribution in [1.82, 2.24) is 4.90 Å². The molecule has 1 N–H and O–H groups in total. The van der Waals surface area contributed by atoms with Crippen LogP contribution in [0, 0.1) is 5.82 Å². The van der Waals surface area contributed by atoms with Crippen LogP contribution in [-0.4, -0.2) is 42.1 Å². The summed E-state index contributed by atoms with van der Waals surface area (Å²) < 4.78 is 18.8. The molecule has 25 heavy (non-hydrogen) atoms. The molecule has 0 spiro atoms. The monoisotopic (exact) mass is 343 g/mol. The molecule has 130 valence electrons. The summed E-state index contributed by atoms with van der Waals surface area (Å²) in [6.45, 7) is 0.875. The first-order valence-electron chi connectivity index (χ1n) is 7.97. The van der Waals surface area contributed by atoms with Gasteiger partial charge in [-0.3, -0.25) is 4.79 Å². The fourth-order valence-corrected chi connectivity index (χ4v) is 3.30. The summed E-state index contributed by atoms with van der Waals surface area (Å²) in [6, 6.07) is 11.1. The van der Waals surface area contributed by atoms with Gasteiger partial charge < -0.3 is 14.7 Å². The van der Waals surface area contributed by atoms with Crippen LogP contribution < -0.4 is 4.74 Å². The number of para-hydroxylation sites is 1. The smallest absolute Gasteiger partial charge is 0.335 e. The van der Waals surface area contributed by atoms with Gasteiger partial charge in [-0.15, -0.1) is 0 Å². The Hall–Kier alpha value is -2.89. The fourth-order valence-electron chi connectivity index (χ4n) is 3.30. The Morgan fingerprint density at radius 1 is 1.16 bits per heavy atom. The Morgan fingerprint density at radius 2 is 1.88 bits per heavy atom. The third-order valence-corrected chi connectivity index (χ3v) is 4.51. The van der Waals surface area contributed by atoms with Crippen molar-refractivity contribution in [2.75, 3.05) is 20.2 Å². The van der Waals surface area contributed by atoms with Crippen LogP contribution in [-0.2, 0) is 0 Å². The molecule has 0 bridgehead atoms. The maximum atomic E-state index is 13.8. The van der Waals surface area contributed by atoms with E-state index in [4.69, 9.17) is 4.74 Å². The summed E-state index contributed by atoms with van der Waals surface area (Å²) in [5, 5.41) is 9.34. The number of carboxylic acid groups (broad SMARTS) is 1. The Balaban J connectivity index is 1.83. The number of benzene rings is 2. The Bertz CT molecular complexity index is 821. The maximum Gasteiger partial charge on any atom is 0.335 e. The number of aromatic carboxylic acids is 1. The zero-order chi connectivity index (χ0) is 18.0. The first kappa shape index (κ1) is 17.0. The SMILES string of the molecule is COc1c(F)cccc1C(=O)N1CCC(c2ccccc2C(=O)O)C1. The molecule has 6 heteroatoms. The number of carbonyl (C=O) groups is 2. The van der Waals surface area contributed by atoms with Crippen LogP contribution in [0.4, 0.5) is 4.39 Å². The normalized spacial score (nSPS) is 16.7. The zero-order valence-electron chi connectivity index (χ0n) is 13.7. The topological polar surface area (TPSA) is 66.8 Å². The number of rotatable bonds is 4. The second-order valence-corrected chi connectivity index (χ2v) is 5.95. The second kappa shape index (κ2) is 6.93. The summed E-state index contributed by atoms with van der Waals surface area (Å²) in [5.74, 6) is -2.00. The van der Waals surface area contributed by atoms with E-state index in [9.17, 15) is 19.1 Å². The van der Waals surface area contributed by atoms with Gasteiger partial charge in [0.05, 0.1) is 18.2 Å². The number of carboxylic acids is 1. The number of carbonyl (C=O) groups excluding carboxylic acids is 1. The molecule has 1 heterocycles. The van der Waals surface area contributed by atoms with Crippen molar-refractivity contribution >= 4 is 11.9 Å². The van der Waals surface area contributed by atoms with E-state index >= 15 is 0 Å². The number of hydrogen-bond donors (Lipinski definition) is 1. The third-order valence-electron chi connectivity index (χ3n) is 4.51. The average molecular weight is 343 g/mol. The summed E-state index contributed by atoms with van der Waals surface area (Å²) in [6.07, 6.45) is 0.660. The van der Waals surface area contributed by atoms with Gasteiger partial charge in [-0.25, -0.2) is 9.18 Å². The van der Waals surface area contributed by atoms with Gasteiger partial charge in [-0.1, -0.05) is 24.3 Å². The van der Waals surface area contributed by atoms with E-state index in [0.29, 0.717) is 19.5 Å². The number of halogens is 1. The van der Waals surface area contributed by atoms with Gasteiger partial charge in [0.15, 0.2) is 11.6 Å². The lowest BCUT2D eigenvalue weighted by Gasteiger charge is -2.19. The van der Waals surface area contributed by atoms with Crippen LogP contribution >= 0.6 is 0 Å². The average Bonchev–Trinajstić information content (AvgIpc) is 3.10. The zero-order valence-corrected chi connectivity index (χ0v) is 13.7. The van der Waals surface area contributed by atoms with Crippen LogP contribution in [0.5, 0.6) is 5.75 Å². The van der Waals surface area contributed by atoms with Gasteiger partial charge in [0.2, 0.25) is 0 Å². The minimum absolute atomic E-state index is 0.0594. The molecule has 2 aromatic rings. The summed E-state index contributed by atoms with van der Waals surface area (Å²) in [4.78, 5) is 25.7. The standard InChI is InChI=1S/C19H18FNO4/c1-25-17-15(7-4-8-16(17)20)18(22)21-10-9-12(11-21)13-5-2-3-6-14(13)19(23)24/h2-8,12H,9-11H2,1H3,(H,23,24). The number of likely N-dealkylation sites (tertiary alicyclic amines) is 1. The highest BCUT2D eigenvalue weighted by Crippen LogP contribution is 2.32. The van der Waals surface area contributed by atoms with Crippen LogP contribution in [0.2, 0.25) is 0 Å². The van der Waals surface area contributed by atoms with E-state index in [0.717, 1.165) is 5.56 Å². The Labute approximate surface area is 144 Å². The van der Waals surface area contributed by atoms with E-state index in [2.05, 4.69) is 0 Å². The molecule has 0 aliphatic carbocycles. The van der Waals surface area contributed by atoms with Gasteiger partial charge in [0.1, 0.15) is 0 Å². The van der Waals surface area contributed by atoms with Gasteiger partial charge in [-0.05, 0) is 30.2 Å². The molecule has 1 aliphatic heterocycles. The lowest BCUT2D eigenvalue weighted by atomic mass is 9.93. The number of nitrogens with zero attached hydrogens (tertiary/aromatic N) is 1. The van der Waals surface area contributed by atoms with Crippen LogP contribution in [0.3, 0.4) is 0 Å². The molecule has 1 saturated heterocycles. The summed E-state index contributed by atoms with van der Waals surface area (Å²) in [5.41, 5.74) is 1.15. The van der Waals surface area contributed by atoms with Crippen LogP contribution in [0.1, 0.15) is 38.6 Å². The highest BCUT2D eigenvalue weighted by atomic mass is 19.1. The van der Waals surface area contributed by atoms with Crippen molar-refractivity contribution in [1.29, 1.82) is 0 Å². The number of amides is 1. The highest BCUT2D eigenvalue weighted by molar-refractivity contribution is 5.97. The molecule has 1 amide bonds. The molecular weight excluding hydrogens is 325 g/mol. The molecule has 1 aliphatic rings. The lowest BCUT2D eigenvalue weighted by Crippen LogP contribution is -2.29. The highest BCUT2D eigenvalue weighted by Gasteiger charge is 2.31. The van der Waals surface area contributed by atoms with Crippen molar-refractivity contribution in [2.45, 2.75) is 12.3 Å². The Morgan fingerprint density at radius 3 is 2.60 bits per heavy atom. The van der Waals surface area contributed by atoms with Crippen LogP contribution in [0.15, 0.2) is 42.5 Å². The van der Waals surface area contributed by atoms with Crippen LogP contribution in [0.25, 0.3) is 0 Å². The minimum atomic E-state index is -0.979. The predicted molar refractivity (Wildman–Crippen MR) is 89.6 cm³/mol. The van der Waals surface area contributed by atoms with Crippen molar-refractivity contribution in [3.63, 3.8) is 0 Å². The molecule has 3 rings (SSSR count). The molecule has 1 atom stereocenters. The fraction of sp³-hybridized carbons (Fsp3) is 0.263. The van der Waals surface area contributed by atoms with Gasteiger partial charge >= 0.3 is 5.97 Å². The van der Waals surface area contributed by atoms with E-state index in [-0.39, 0.29) is 28.7 Å². The first-order valence-corrected chi connectivity index (χ1v) is 7.97. The molecular formula is C19H18FNO4. The molecule has 0 saturated carbocycles. The molecule has 5 nitrogen and oxygen atoms in total. The number of methoxy groups -OCH3 is 1. The van der Waals surface area contributed by atoms with E-state index in [1.165, 1.54) is 25.3 Å².